The van der Waals surface area contributed by atoms with Crippen LogP contribution < -0.4 is 5.73 Å². The molecule has 2 saturated heterocycles. The number of rotatable bonds is 13. The van der Waals surface area contributed by atoms with Crippen molar-refractivity contribution in [3.05, 3.63) is 0 Å². The van der Waals surface area contributed by atoms with Crippen molar-refractivity contribution in [1.82, 2.24) is 19.6 Å². The third-order valence-electron chi connectivity index (χ3n) is 10.1. The van der Waals surface area contributed by atoms with E-state index in [0.717, 1.165) is 62.9 Å². The minimum Gasteiger partial charge on any atom is -0.370 e. The van der Waals surface area contributed by atoms with Gasteiger partial charge in [0.2, 0.25) is 0 Å². The van der Waals surface area contributed by atoms with Gasteiger partial charge in [0.05, 0.1) is 24.8 Å². The molecule has 1 saturated carbocycles. The molecule has 0 amide bonds. The first-order chi connectivity index (χ1) is 18.7. The second-order valence-corrected chi connectivity index (χ2v) is 14.4. The summed E-state index contributed by atoms with van der Waals surface area (Å²) in [4.78, 5) is 14.9. The minimum absolute atomic E-state index is 0.328. The van der Waals surface area contributed by atoms with E-state index in [1.165, 1.54) is 64.2 Å². The SMILES string of the molecule is CC(C)CCCN1C(=N)N([C@H](CC2CCCCC2)N2CCC[C@H]2CN2C(N)=NC[C@H]2CC(C)C)C[C@H]1C(C)C. The molecular weight excluding hydrogens is 482 g/mol. The van der Waals surface area contributed by atoms with Gasteiger partial charge in [-0.25, -0.2) is 0 Å². The van der Waals surface area contributed by atoms with Crippen LogP contribution >= 0.6 is 0 Å². The molecule has 4 atom stereocenters. The molecule has 3 aliphatic heterocycles. The summed E-state index contributed by atoms with van der Waals surface area (Å²) in [6, 6.07) is 1.37. The van der Waals surface area contributed by atoms with E-state index in [9.17, 15) is 5.41 Å². The molecule has 0 bridgehead atoms. The van der Waals surface area contributed by atoms with E-state index in [1.54, 1.807) is 0 Å². The Morgan fingerprint density at radius 2 is 1.64 bits per heavy atom. The molecule has 0 unspecified atom stereocenters. The molecular formula is C32H61N7. The topological polar surface area (TPSA) is 75.2 Å². The lowest BCUT2D eigenvalue weighted by Crippen LogP contribution is -2.56. The maximum absolute atomic E-state index is 9.49. The first kappa shape index (κ1) is 30.5. The van der Waals surface area contributed by atoms with Gasteiger partial charge in [-0.05, 0) is 62.2 Å². The zero-order valence-electron chi connectivity index (χ0n) is 26.2. The molecule has 224 valence electrons. The van der Waals surface area contributed by atoms with Gasteiger partial charge in [0.25, 0.3) is 0 Å². The number of aliphatic imine (C=N–C) groups is 1. The molecule has 0 spiro atoms. The fourth-order valence-electron chi connectivity index (χ4n) is 7.88. The van der Waals surface area contributed by atoms with Gasteiger partial charge < -0.3 is 20.4 Å². The maximum Gasteiger partial charge on any atom is 0.195 e. The highest BCUT2D eigenvalue weighted by atomic mass is 15.5. The minimum atomic E-state index is 0.328. The fraction of sp³-hybridized carbons (Fsp3) is 0.938. The lowest BCUT2D eigenvalue weighted by molar-refractivity contribution is 0.0457. The lowest BCUT2D eigenvalue weighted by Gasteiger charge is -2.43. The Morgan fingerprint density at radius 3 is 2.31 bits per heavy atom. The van der Waals surface area contributed by atoms with Gasteiger partial charge in [-0.1, -0.05) is 73.6 Å². The van der Waals surface area contributed by atoms with Gasteiger partial charge in [-0.2, -0.15) is 0 Å². The molecule has 7 nitrogen and oxygen atoms in total. The Bertz CT molecular complexity index is 802. The summed E-state index contributed by atoms with van der Waals surface area (Å²) in [5.41, 5.74) is 6.48. The van der Waals surface area contributed by atoms with E-state index in [0.29, 0.717) is 36.1 Å². The van der Waals surface area contributed by atoms with Gasteiger partial charge in [0.1, 0.15) is 0 Å². The predicted molar refractivity (Wildman–Crippen MR) is 165 cm³/mol. The summed E-state index contributed by atoms with van der Waals surface area (Å²) in [7, 11) is 0. The summed E-state index contributed by atoms with van der Waals surface area (Å²) >= 11 is 0. The molecule has 3 N–H and O–H groups in total. The van der Waals surface area contributed by atoms with Crippen molar-refractivity contribution in [3.63, 3.8) is 0 Å². The molecule has 0 radical (unpaired) electrons. The van der Waals surface area contributed by atoms with Crippen molar-refractivity contribution in [3.8, 4) is 0 Å². The van der Waals surface area contributed by atoms with Crippen LogP contribution in [0.2, 0.25) is 0 Å². The molecule has 3 fully saturated rings. The average Bonchev–Trinajstić information content (AvgIpc) is 3.57. The molecule has 0 aromatic carbocycles. The largest absolute Gasteiger partial charge is 0.370 e. The molecule has 0 aromatic heterocycles. The van der Waals surface area contributed by atoms with Crippen LogP contribution in [0.25, 0.3) is 0 Å². The van der Waals surface area contributed by atoms with Crippen LogP contribution in [0.15, 0.2) is 4.99 Å². The normalized spacial score (nSPS) is 28.1. The summed E-state index contributed by atoms with van der Waals surface area (Å²) in [6.07, 6.45) is 14.5. The van der Waals surface area contributed by atoms with Crippen LogP contribution in [0.4, 0.5) is 0 Å². The van der Waals surface area contributed by atoms with E-state index in [2.05, 4.69) is 66.1 Å². The van der Waals surface area contributed by atoms with Gasteiger partial charge in [-0.15, -0.1) is 0 Å². The first-order valence-corrected chi connectivity index (χ1v) is 16.6. The van der Waals surface area contributed by atoms with Crippen LogP contribution in [-0.2, 0) is 0 Å². The second-order valence-electron chi connectivity index (χ2n) is 14.4. The predicted octanol–water partition coefficient (Wildman–Crippen LogP) is 5.81. The van der Waals surface area contributed by atoms with Crippen molar-refractivity contribution in [2.24, 2.45) is 34.4 Å². The fourth-order valence-corrected chi connectivity index (χ4v) is 7.88. The highest BCUT2D eigenvalue weighted by Gasteiger charge is 2.44. The summed E-state index contributed by atoms with van der Waals surface area (Å²) in [6.45, 7) is 19.0. The average molecular weight is 544 g/mol. The van der Waals surface area contributed by atoms with Crippen molar-refractivity contribution in [2.45, 2.75) is 136 Å². The van der Waals surface area contributed by atoms with Crippen LogP contribution in [0.5, 0.6) is 0 Å². The summed E-state index contributed by atoms with van der Waals surface area (Å²) < 4.78 is 0. The van der Waals surface area contributed by atoms with E-state index in [-0.39, 0.29) is 0 Å². The van der Waals surface area contributed by atoms with Crippen molar-refractivity contribution >= 4 is 11.9 Å². The monoisotopic (exact) mass is 543 g/mol. The number of hydrogen-bond acceptors (Lipinski definition) is 5. The Balaban J connectivity index is 1.54. The van der Waals surface area contributed by atoms with Gasteiger partial charge in [0, 0.05) is 32.2 Å². The standard InChI is InChI=1S/C32H61N7/c1-23(2)12-10-17-37-29(25(5)6)22-39(32(37)34)30(19-26-13-8-7-9-14-26)36-16-11-15-27(36)21-38-28(18-24(3)4)20-35-31(38)33/h23-30,34H,7-22H2,1-6H3,(H2,33,35)/t27-,28+,29-,30+/m0/s1. The van der Waals surface area contributed by atoms with Gasteiger partial charge in [0.15, 0.2) is 11.9 Å². The number of guanidine groups is 2. The van der Waals surface area contributed by atoms with E-state index < -0.39 is 0 Å². The Kier molecular flexibility index (Phi) is 10.9. The highest BCUT2D eigenvalue weighted by molar-refractivity contribution is 5.80. The van der Waals surface area contributed by atoms with Gasteiger partial charge in [-0.3, -0.25) is 15.3 Å². The van der Waals surface area contributed by atoms with Crippen LogP contribution in [0.3, 0.4) is 0 Å². The second kappa shape index (κ2) is 13.9. The molecule has 4 rings (SSSR count). The zero-order valence-corrected chi connectivity index (χ0v) is 26.2. The third kappa shape index (κ3) is 7.62. The third-order valence-corrected chi connectivity index (χ3v) is 10.1. The van der Waals surface area contributed by atoms with E-state index >= 15 is 0 Å². The molecule has 4 aliphatic rings. The zero-order chi connectivity index (χ0) is 28.1. The van der Waals surface area contributed by atoms with Gasteiger partial charge >= 0.3 is 0 Å². The first-order valence-electron chi connectivity index (χ1n) is 16.6. The molecule has 39 heavy (non-hydrogen) atoms. The van der Waals surface area contributed by atoms with Crippen LogP contribution in [0.1, 0.15) is 112 Å². The molecule has 1 aliphatic carbocycles. The summed E-state index contributed by atoms with van der Waals surface area (Å²) in [5, 5.41) is 9.49. The Morgan fingerprint density at radius 1 is 0.897 bits per heavy atom. The Hall–Kier alpha value is -1.50. The number of likely N-dealkylation sites (tertiary alicyclic amines) is 1. The maximum atomic E-state index is 9.49. The van der Waals surface area contributed by atoms with Crippen molar-refractivity contribution in [2.75, 3.05) is 32.7 Å². The van der Waals surface area contributed by atoms with E-state index in [4.69, 9.17) is 5.73 Å². The van der Waals surface area contributed by atoms with Crippen molar-refractivity contribution in [1.29, 1.82) is 5.41 Å². The number of nitrogens with zero attached hydrogens (tertiary/aromatic N) is 5. The quantitative estimate of drug-likeness (QED) is 0.307. The van der Waals surface area contributed by atoms with Crippen LogP contribution in [-0.4, -0.2) is 88.5 Å². The van der Waals surface area contributed by atoms with Crippen LogP contribution in [0, 0.1) is 29.1 Å². The molecule has 7 heteroatoms. The van der Waals surface area contributed by atoms with E-state index in [1.807, 2.05) is 0 Å². The number of nitrogens with two attached hydrogens (primary N) is 1. The molecule has 3 heterocycles. The Labute approximate surface area is 240 Å². The highest BCUT2D eigenvalue weighted by Crippen LogP contribution is 2.36. The smallest absolute Gasteiger partial charge is 0.195 e. The van der Waals surface area contributed by atoms with Crippen molar-refractivity contribution < 1.29 is 0 Å². The lowest BCUT2D eigenvalue weighted by atomic mass is 9.85. The number of nitrogens with one attached hydrogen (secondary N) is 1. The number of hydrogen-bond donors (Lipinski definition) is 2. The summed E-state index contributed by atoms with van der Waals surface area (Å²) in [5.74, 6) is 4.26. The molecule has 0 aromatic rings.